The van der Waals surface area contributed by atoms with E-state index in [0.29, 0.717) is 0 Å². The van der Waals surface area contributed by atoms with Gasteiger partial charge < -0.3 is 5.11 Å². The number of nitrogens with zero attached hydrogens (tertiary/aromatic N) is 1. The van der Waals surface area contributed by atoms with Gasteiger partial charge in [0.2, 0.25) is 0 Å². The zero-order chi connectivity index (χ0) is 35.2. The Kier molecular flexibility index (Phi) is 9.07. The molecule has 0 atom stereocenters. The van der Waals surface area contributed by atoms with Crippen LogP contribution in [0.4, 0.5) is 105 Å². The summed E-state index contributed by atoms with van der Waals surface area (Å²) < 4.78 is 332. The van der Waals surface area contributed by atoms with Gasteiger partial charge in [-0.1, -0.05) is 4.31 Å². The van der Waals surface area contributed by atoms with Gasteiger partial charge in [-0.05, 0) is 0 Å². The molecule has 30 heteroatoms. The lowest BCUT2D eigenvalue weighted by Gasteiger charge is -2.45. The smallest absolute Gasteiger partial charge is 0.470 e. The second kappa shape index (κ2) is 9.60. The zero-order valence-electron chi connectivity index (χ0n) is 17.6. The van der Waals surface area contributed by atoms with E-state index in [0.717, 1.165) is 0 Å². The normalized spacial score (nSPS) is 16.7. The summed E-state index contributed by atoms with van der Waals surface area (Å²) in [5, 5.41) is -0.525. The minimum absolute atomic E-state index is 4.93. The molecule has 0 spiro atoms. The van der Waals surface area contributed by atoms with Crippen LogP contribution in [0.15, 0.2) is 0 Å². The average molecular weight is 711 g/mol. The Balaban J connectivity index is 7.85. The van der Waals surface area contributed by atoms with Crippen LogP contribution in [0, 0.1) is 0 Å². The first kappa shape index (κ1) is 39.7. The highest BCUT2D eigenvalue weighted by atomic mass is 32.2. The summed E-state index contributed by atoms with van der Waals surface area (Å²) in [4.78, 5) is 10.3. The van der Waals surface area contributed by atoms with E-state index in [1.165, 1.54) is 0 Å². The lowest BCUT2D eigenvalue weighted by atomic mass is 9.90. The molecule has 0 saturated heterocycles. The number of carbonyl (C=O) groups is 1. The fourth-order valence-electron chi connectivity index (χ4n) is 2.11. The Hall–Kier alpha value is -2.30. The largest absolute Gasteiger partial charge is 0.476 e. The summed E-state index contributed by atoms with van der Waals surface area (Å²) in [6, 6.07) is -17.5. The number of halogens is 24. The summed E-state index contributed by atoms with van der Waals surface area (Å²) in [6.45, 7) is 0. The molecule has 0 aromatic rings. The first-order valence-electron chi connectivity index (χ1n) is 8.38. The molecule has 0 aliphatic heterocycles. The van der Waals surface area contributed by atoms with Crippen molar-refractivity contribution in [3.05, 3.63) is 0 Å². The van der Waals surface area contributed by atoms with Crippen molar-refractivity contribution in [2.24, 2.45) is 0 Å². The van der Waals surface area contributed by atoms with Gasteiger partial charge in [0.15, 0.2) is 0 Å². The molecule has 0 saturated carbocycles. The standard InChI is InChI=1S/C12HF24NO4S/c13-2(14,1(38)39)37(42(40,41)12(35,36)10(30,31)32)11(33,34)8(25,26)6(21,22)4(17,18)3(15,16)5(19,20)7(23,24)9(27,28)29/h(H,38,39). The van der Waals surface area contributed by atoms with Crippen LogP contribution < -0.4 is 0 Å². The highest BCUT2D eigenvalue weighted by Gasteiger charge is 2.97. The third-order valence-electron chi connectivity index (χ3n) is 4.37. The number of rotatable bonds is 11. The molecule has 0 amide bonds. The summed E-state index contributed by atoms with van der Waals surface area (Å²) in [5.41, 5.74) is 0. The van der Waals surface area contributed by atoms with Crippen molar-refractivity contribution >= 4 is 16.0 Å². The van der Waals surface area contributed by atoms with Crippen LogP contribution in [0.1, 0.15) is 0 Å². The van der Waals surface area contributed by atoms with E-state index in [2.05, 4.69) is 0 Å². The first-order valence-corrected chi connectivity index (χ1v) is 9.82. The maximum absolute atomic E-state index is 14.0. The monoisotopic (exact) mass is 711 g/mol. The minimum Gasteiger partial charge on any atom is -0.476 e. The zero-order valence-corrected chi connectivity index (χ0v) is 18.4. The fraction of sp³-hybridized carbons (Fsp3) is 0.917. The van der Waals surface area contributed by atoms with Gasteiger partial charge in [0, 0.05) is 0 Å². The molecule has 0 aliphatic carbocycles. The van der Waals surface area contributed by atoms with Crippen molar-refractivity contribution in [1.29, 1.82) is 0 Å². The second-order valence-electron chi connectivity index (χ2n) is 7.12. The molecule has 1 N–H and O–H groups in total. The molecule has 0 bridgehead atoms. The summed E-state index contributed by atoms with van der Waals surface area (Å²) in [7, 11) is -9.78. The Morgan fingerprint density at radius 3 is 0.952 bits per heavy atom. The number of hydrogen-bond acceptors (Lipinski definition) is 3. The van der Waals surface area contributed by atoms with E-state index in [9.17, 15) is 119 Å². The first-order chi connectivity index (χ1) is 17.6. The highest BCUT2D eigenvalue weighted by molar-refractivity contribution is 7.90. The Labute approximate surface area is 210 Å². The predicted octanol–water partition coefficient (Wildman–Crippen LogP) is 6.42. The number of hydrogen-bond donors (Lipinski definition) is 1. The van der Waals surface area contributed by atoms with Crippen LogP contribution in [0.2, 0.25) is 0 Å². The number of aliphatic carboxylic acids is 1. The molecule has 5 nitrogen and oxygen atoms in total. The van der Waals surface area contributed by atoms with Crippen molar-refractivity contribution in [2.75, 3.05) is 0 Å². The van der Waals surface area contributed by atoms with Gasteiger partial charge >= 0.3 is 71.2 Å². The van der Waals surface area contributed by atoms with Crippen LogP contribution in [0.25, 0.3) is 0 Å². The molecule has 0 radical (unpaired) electrons. The van der Waals surface area contributed by atoms with Crippen LogP contribution >= 0.6 is 0 Å². The van der Waals surface area contributed by atoms with Crippen molar-refractivity contribution in [2.45, 2.75) is 65.2 Å². The molecular formula is C12HF24NO4S. The van der Waals surface area contributed by atoms with E-state index in [-0.39, 0.29) is 0 Å². The van der Waals surface area contributed by atoms with Crippen LogP contribution in [-0.4, -0.2) is 89.0 Å². The Morgan fingerprint density at radius 2 is 0.714 bits per heavy atom. The van der Waals surface area contributed by atoms with Crippen LogP contribution in [-0.2, 0) is 14.8 Å². The Morgan fingerprint density at radius 1 is 0.452 bits per heavy atom. The maximum Gasteiger partial charge on any atom is 0.470 e. The highest BCUT2D eigenvalue weighted by Crippen LogP contribution is 2.65. The van der Waals surface area contributed by atoms with Crippen LogP contribution in [0.5, 0.6) is 0 Å². The average Bonchev–Trinajstić information content (AvgIpc) is 2.70. The number of alkyl halides is 24. The second-order valence-corrected chi connectivity index (χ2v) is 8.94. The number of carboxylic acids is 1. The van der Waals surface area contributed by atoms with Gasteiger partial charge in [-0.25, -0.2) is 13.2 Å². The molecule has 0 unspecified atom stereocenters. The van der Waals surface area contributed by atoms with E-state index in [1.807, 2.05) is 0 Å². The maximum atomic E-state index is 14.0. The molecule has 252 valence electrons. The SMILES string of the molecule is O=C(O)C(F)(F)N(C(F)(F)C(F)(F)C(F)(F)C(F)(F)C(F)(F)C(F)(F)C(F)(F)C(F)(F)F)S(=O)(=O)C(F)(F)C(F)(F)F. The van der Waals surface area contributed by atoms with Crippen molar-refractivity contribution in [1.82, 2.24) is 4.31 Å². The van der Waals surface area contributed by atoms with E-state index < -0.39 is 85.5 Å². The fourth-order valence-corrected chi connectivity index (χ4v) is 3.43. The van der Waals surface area contributed by atoms with Gasteiger partial charge in [0.05, 0.1) is 0 Å². The van der Waals surface area contributed by atoms with E-state index in [4.69, 9.17) is 5.11 Å². The molecule has 42 heavy (non-hydrogen) atoms. The van der Waals surface area contributed by atoms with Gasteiger partial charge in [-0.2, -0.15) is 105 Å². The van der Waals surface area contributed by atoms with Gasteiger partial charge in [-0.3, -0.25) is 0 Å². The lowest BCUT2D eigenvalue weighted by Crippen LogP contribution is -2.78. The van der Waals surface area contributed by atoms with Gasteiger partial charge in [0.25, 0.3) is 10.0 Å². The molecule has 0 rings (SSSR count). The molecule has 0 heterocycles. The molecule has 0 fully saturated rings. The Bertz CT molecular complexity index is 1150. The number of sulfonamides is 1. The minimum atomic E-state index is -9.78. The molecule has 0 aromatic heterocycles. The molecular weight excluding hydrogens is 710 g/mol. The topological polar surface area (TPSA) is 74.7 Å². The van der Waals surface area contributed by atoms with Crippen molar-refractivity contribution < 1.29 is 124 Å². The van der Waals surface area contributed by atoms with Gasteiger partial charge in [0.1, 0.15) is 0 Å². The van der Waals surface area contributed by atoms with Gasteiger partial charge in [-0.15, -0.1) is 0 Å². The van der Waals surface area contributed by atoms with Crippen LogP contribution in [0.3, 0.4) is 0 Å². The quantitative estimate of drug-likeness (QED) is 0.199. The van der Waals surface area contributed by atoms with Crippen molar-refractivity contribution in [3.8, 4) is 0 Å². The number of carboxylic acid groups (broad SMARTS) is 1. The lowest BCUT2D eigenvalue weighted by molar-refractivity contribution is -0.468. The summed E-state index contributed by atoms with van der Waals surface area (Å²) in [6.07, 6.45) is -16.4. The molecule has 0 aliphatic rings. The predicted molar refractivity (Wildman–Crippen MR) is 75.0 cm³/mol. The third-order valence-corrected chi connectivity index (χ3v) is 6.19. The molecule has 0 aromatic carbocycles. The van der Waals surface area contributed by atoms with Crippen molar-refractivity contribution in [3.63, 3.8) is 0 Å². The summed E-state index contributed by atoms with van der Waals surface area (Å²) >= 11 is 0. The van der Waals surface area contributed by atoms with E-state index >= 15 is 0 Å². The summed E-state index contributed by atoms with van der Waals surface area (Å²) in [5.74, 6) is -61.2. The third kappa shape index (κ3) is 4.81. The van der Waals surface area contributed by atoms with E-state index in [1.54, 1.807) is 0 Å².